The first-order chi connectivity index (χ1) is 19.2. The maximum atomic E-state index is 13.0. The Hall–Kier alpha value is -2.72. The van der Waals surface area contributed by atoms with Gasteiger partial charge in [0.15, 0.2) is 18.3 Å². The third-order valence-electron chi connectivity index (χ3n) is 8.96. The van der Waals surface area contributed by atoms with E-state index in [9.17, 15) is 29.4 Å². The first-order valence-electron chi connectivity index (χ1n) is 14.8. The number of aliphatic hydroxyl groups is 2. The summed E-state index contributed by atoms with van der Waals surface area (Å²) < 4.78 is 23.5. The van der Waals surface area contributed by atoms with Crippen molar-refractivity contribution in [2.45, 2.75) is 130 Å². The van der Waals surface area contributed by atoms with E-state index in [0.29, 0.717) is 24.8 Å². The summed E-state index contributed by atoms with van der Waals surface area (Å²) in [4.78, 5) is 51.3. The van der Waals surface area contributed by atoms with E-state index in [0.717, 1.165) is 5.57 Å². The van der Waals surface area contributed by atoms with Crippen molar-refractivity contribution in [3.63, 3.8) is 0 Å². The molecule has 0 bridgehead atoms. The van der Waals surface area contributed by atoms with Crippen LogP contribution in [0, 0.1) is 17.3 Å². The number of esters is 4. The molecule has 0 spiro atoms. The minimum absolute atomic E-state index is 0.0824. The van der Waals surface area contributed by atoms with Crippen LogP contribution in [-0.4, -0.2) is 70.2 Å². The molecule has 3 rings (SSSR count). The standard InChI is InChI=1S/C31H46O10/c1-8-11-24(33)39-21-14-13-17(4)15-22-31(37,19(6)29(36)40-22)27(35)26-18(5)16-20(38-23(32)10-3)28(30(21,26)7)41-25(34)12-9-2/h15-16,19-22,26-28,35,37H,8-14H2,1-7H3/b17-15-/t19-,20?,21?,22-,26+,27?,28-,30?,31-/m0/s1. The molecule has 10 nitrogen and oxygen atoms in total. The van der Waals surface area contributed by atoms with Gasteiger partial charge in [-0.1, -0.05) is 38.8 Å². The molecule has 1 saturated heterocycles. The average molecular weight is 579 g/mol. The highest BCUT2D eigenvalue weighted by Gasteiger charge is 2.66. The van der Waals surface area contributed by atoms with Gasteiger partial charge in [-0.3, -0.25) is 19.2 Å². The molecule has 1 heterocycles. The van der Waals surface area contributed by atoms with Crippen molar-refractivity contribution in [3.05, 3.63) is 23.3 Å². The lowest BCUT2D eigenvalue weighted by molar-refractivity contribution is -0.222. The van der Waals surface area contributed by atoms with E-state index in [2.05, 4.69) is 0 Å². The topological polar surface area (TPSA) is 146 Å². The summed E-state index contributed by atoms with van der Waals surface area (Å²) in [6, 6.07) is 0. The molecule has 2 N–H and O–H groups in total. The van der Waals surface area contributed by atoms with Gasteiger partial charge in [0.1, 0.15) is 11.7 Å². The van der Waals surface area contributed by atoms with Crippen LogP contribution in [0.2, 0.25) is 0 Å². The molecular formula is C31H46O10. The Bertz CT molecular complexity index is 1080. The summed E-state index contributed by atoms with van der Waals surface area (Å²) in [6.45, 7) is 12.1. The zero-order chi connectivity index (χ0) is 30.7. The van der Waals surface area contributed by atoms with Crippen molar-refractivity contribution < 1.29 is 48.3 Å². The smallest absolute Gasteiger partial charge is 0.312 e. The van der Waals surface area contributed by atoms with Gasteiger partial charge in [0.25, 0.3) is 0 Å². The number of fused-ring (bicyclic) bond motifs is 2. The quantitative estimate of drug-likeness (QED) is 0.248. The van der Waals surface area contributed by atoms with Gasteiger partial charge in [-0.05, 0) is 58.6 Å². The Kier molecular flexibility index (Phi) is 10.5. The number of rotatable bonds is 8. The SMILES string of the molecule is CCCC(=O)OC1CC/C(C)=C\[C@@H]2OC(=O)[C@H](C)[C@@]2(O)C(O)[C@H]2C(C)=CC(OC(=O)CC)[C@H](OC(=O)CCC)C12C. The van der Waals surface area contributed by atoms with Gasteiger partial charge >= 0.3 is 23.9 Å². The molecule has 41 heavy (non-hydrogen) atoms. The molecule has 230 valence electrons. The van der Waals surface area contributed by atoms with Crippen LogP contribution in [0.3, 0.4) is 0 Å². The van der Waals surface area contributed by atoms with Crippen LogP contribution in [0.5, 0.6) is 0 Å². The second-order valence-corrected chi connectivity index (χ2v) is 11.9. The van der Waals surface area contributed by atoms with E-state index in [1.54, 1.807) is 32.9 Å². The third-order valence-corrected chi connectivity index (χ3v) is 8.96. The Morgan fingerprint density at radius 1 is 1.00 bits per heavy atom. The Morgan fingerprint density at radius 2 is 1.61 bits per heavy atom. The molecule has 1 aliphatic heterocycles. The molecule has 1 fully saturated rings. The van der Waals surface area contributed by atoms with Gasteiger partial charge in [0, 0.05) is 25.2 Å². The lowest BCUT2D eigenvalue weighted by Crippen LogP contribution is -2.66. The lowest BCUT2D eigenvalue weighted by atomic mass is 9.55. The van der Waals surface area contributed by atoms with E-state index in [-0.39, 0.29) is 25.7 Å². The molecule has 4 unspecified atom stereocenters. The molecule has 0 amide bonds. The molecule has 0 saturated carbocycles. The second-order valence-electron chi connectivity index (χ2n) is 11.9. The van der Waals surface area contributed by atoms with Crippen molar-refractivity contribution in [2.24, 2.45) is 17.3 Å². The number of ether oxygens (including phenoxy) is 4. The van der Waals surface area contributed by atoms with Crippen LogP contribution >= 0.6 is 0 Å². The summed E-state index contributed by atoms with van der Waals surface area (Å²) in [6.07, 6.45) is -0.489. The van der Waals surface area contributed by atoms with E-state index in [1.165, 1.54) is 6.92 Å². The number of allylic oxidation sites excluding steroid dienone is 1. The van der Waals surface area contributed by atoms with Gasteiger partial charge in [0.05, 0.1) is 17.4 Å². The van der Waals surface area contributed by atoms with Crippen molar-refractivity contribution >= 4 is 23.9 Å². The Labute approximate surface area is 242 Å². The first-order valence-corrected chi connectivity index (χ1v) is 14.8. The fourth-order valence-corrected chi connectivity index (χ4v) is 6.61. The molecule has 0 aromatic heterocycles. The lowest BCUT2D eigenvalue weighted by Gasteiger charge is -2.55. The number of hydrogen-bond donors (Lipinski definition) is 2. The molecular weight excluding hydrogens is 532 g/mol. The van der Waals surface area contributed by atoms with Crippen molar-refractivity contribution in [2.75, 3.05) is 0 Å². The monoisotopic (exact) mass is 578 g/mol. The van der Waals surface area contributed by atoms with Crippen LogP contribution < -0.4 is 0 Å². The molecule has 9 atom stereocenters. The van der Waals surface area contributed by atoms with E-state index >= 15 is 0 Å². The normalized spacial score (nSPS) is 38.3. The number of carbonyl (C=O) groups excluding carboxylic acids is 4. The summed E-state index contributed by atoms with van der Waals surface area (Å²) in [5.74, 6) is -4.21. The van der Waals surface area contributed by atoms with Crippen LogP contribution in [0.15, 0.2) is 23.3 Å². The van der Waals surface area contributed by atoms with E-state index < -0.39 is 77.2 Å². The predicted molar refractivity (Wildman–Crippen MR) is 148 cm³/mol. The molecule has 0 aromatic carbocycles. The molecule has 0 radical (unpaired) electrons. The highest BCUT2D eigenvalue weighted by molar-refractivity contribution is 5.77. The molecule has 10 heteroatoms. The van der Waals surface area contributed by atoms with Gasteiger partial charge in [-0.2, -0.15) is 0 Å². The fourth-order valence-electron chi connectivity index (χ4n) is 6.61. The number of hydrogen-bond acceptors (Lipinski definition) is 10. The van der Waals surface area contributed by atoms with Gasteiger partial charge in [0.2, 0.25) is 0 Å². The highest BCUT2D eigenvalue weighted by Crippen LogP contribution is 2.54. The largest absolute Gasteiger partial charge is 0.462 e. The Morgan fingerprint density at radius 3 is 2.20 bits per heavy atom. The fraction of sp³-hybridized carbons (Fsp3) is 0.742. The summed E-state index contributed by atoms with van der Waals surface area (Å²) in [5, 5.41) is 24.3. The van der Waals surface area contributed by atoms with Gasteiger partial charge in [-0.15, -0.1) is 0 Å². The van der Waals surface area contributed by atoms with Gasteiger partial charge in [-0.25, -0.2) is 0 Å². The predicted octanol–water partition coefficient (Wildman–Crippen LogP) is 3.71. The first kappa shape index (κ1) is 32.8. The van der Waals surface area contributed by atoms with Gasteiger partial charge < -0.3 is 29.2 Å². The molecule has 2 aliphatic carbocycles. The maximum absolute atomic E-state index is 13.0. The summed E-state index contributed by atoms with van der Waals surface area (Å²) >= 11 is 0. The maximum Gasteiger partial charge on any atom is 0.312 e. The third kappa shape index (κ3) is 6.23. The minimum Gasteiger partial charge on any atom is -0.462 e. The van der Waals surface area contributed by atoms with Crippen LogP contribution in [0.1, 0.15) is 93.4 Å². The van der Waals surface area contributed by atoms with Crippen molar-refractivity contribution in [1.29, 1.82) is 0 Å². The summed E-state index contributed by atoms with van der Waals surface area (Å²) in [7, 11) is 0. The van der Waals surface area contributed by atoms with Crippen LogP contribution in [-0.2, 0) is 38.1 Å². The zero-order valence-corrected chi connectivity index (χ0v) is 25.3. The Balaban J connectivity index is 2.31. The van der Waals surface area contributed by atoms with Crippen molar-refractivity contribution in [3.8, 4) is 0 Å². The van der Waals surface area contributed by atoms with E-state index in [4.69, 9.17) is 18.9 Å². The zero-order valence-electron chi connectivity index (χ0n) is 25.3. The minimum atomic E-state index is -2.04. The van der Waals surface area contributed by atoms with Crippen molar-refractivity contribution in [1.82, 2.24) is 0 Å². The van der Waals surface area contributed by atoms with Crippen LogP contribution in [0.4, 0.5) is 0 Å². The number of aliphatic hydroxyl groups excluding tert-OH is 1. The average Bonchev–Trinajstić information content (AvgIpc) is 3.12. The molecule has 3 aliphatic rings. The highest BCUT2D eigenvalue weighted by atomic mass is 16.6. The molecule has 0 aromatic rings. The van der Waals surface area contributed by atoms with Crippen LogP contribution in [0.25, 0.3) is 0 Å². The number of carbonyl (C=O) groups is 4. The van der Waals surface area contributed by atoms with E-state index in [1.807, 2.05) is 20.8 Å². The second kappa shape index (κ2) is 13.1. The summed E-state index contributed by atoms with van der Waals surface area (Å²) in [5.41, 5.74) is -2.13.